The first-order valence-corrected chi connectivity index (χ1v) is 5.06. The van der Waals surface area contributed by atoms with E-state index in [0.29, 0.717) is 6.42 Å². The van der Waals surface area contributed by atoms with Crippen molar-refractivity contribution < 1.29 is 19.8 Å². The van der Waals surface area contributed by atoms with Crippen LogP contribution in [0, 0.1) is 11.8 Å². The monoisotopic (exact) mass is 200 g/mol. The van der Waals surface area contributed by atoms with Gasteiger partial charge >= 0.3 is 11.9 Å². The van der Waals surface area contributed by atoms with Crippen LogP contribution in [0.3, 0.4) is 0 Å². The third-order valence-corrected chi connectivity index (χ3v) is 2.91. The number of hydrogen-bond acceptors (Lipinski definition) is 2. The number of carbonyl (C=O) groups is 2. The molecular weight excluding hydrogens is 184 g/mol. The van der Waals surface area contributed by atoms with Crippen LogP contribution in [0.4, 0.5) is 0 Å². The average Bonchev–Trinajstić information content (AvgIpc) is 2.28. The Labute approximate surface area is 82.9 Å². The van der Waals surface area contributed by atoms with Gasteiger partial charge in [0.1, 0.15) is 0 Å². The van der Waals surface area contributed by atoms with Crippen molar-refractivity contribution in [3.05, 3.63) is 0 Å². The van der Waals surface area contributed by atoms with Crippen LogP contribution >= 0.6 is 0 Å². The highest BCUT2D eigenvalue weighted by Crippen LogP contribution is 2.31. The Kier molecular flexibility index (Phi) is 3.92. The van der Waals surface area contributed by atoms with Gasteiger partial charge in [0.25, 0.3) is 0 Å². The predicted molar refractivity (Wildman–Crippen MR) is 50.0 cm³/mol. The lowest BCUT2D eigenvalue weighted by Crippen LogP contribution is -2.24. The minimum Gasteiger partial charge on any atom is -0.481 e. The van der Waals surface area contributed by atoms with E-state index in [-0.39, 0.29) is 12.3 Å². The van der Waals surface area contributed by atoms with Gasteiger partial charge in [0.2, 0.25) is 0 Å². The number of hydrogen-bond donors (Lipinski definition) is 2. The molecular formula is C10H16O4. The van der Waals surface area contributed by atoms with Gasteiger partial charge in [0.15, 0.2) is 0 Å². The van der Waals surface area contributed by atoms with Crippen molar-refractivity contribution in [2.24, 2.45) is 11.8 Å². The lowest BCUT2D eigenvalue weighted by atomic mass is 9.85. The standard InChI is InChI=1S/C10H16O4/c11-9(12)6-7-4-2-1-3-5-8(7)10(13)14/h7-8H,1-6H2,(H,11,12)(H,13,14)/t7-,8-/m1/s1. The van der Waals surface area contributed by atoms with Crippen LogP contribution in [0.25, 0.3) is 0 Å². The lowest BCUT2D eigenvalue weighted by Gasteiger charge is -2.19. The molecule has 2 atom stereocenters. The van der Waals surface area contributed by atoms with Gasteiger partial charge in [-0.3, -0.25) is 9.59 Å². The highest BCUT2D eigenvalue weighted by Gasteiger charge is 2.30. The molecule has 0 spiro atoms. The first kappa shape index (κ1) is 11.0. The van der Waals surface area contributed by atoms with Crippen LogP contribution in [0.5, 0.6) is 0 Å². The molecule has 1 saturated carbocycles. The third-order valence-electron chi connectivity index (χ3n) is 2.91. The first-order valence-electron chi connectivity index (χ1n) is 5.06. The topological polar surface area (TPSA) is 74.6 Å². The van der Waals surface area contributed by atoms with Crippen LogP contribution in [-0.4, -0.2) is 22.2 Å². The van der Waals surface area contributed by atoms with E-state index >= 15 is 0 Å². The van der Waals surface area contributed by atoms with Gasteiger partial charge in [-0.2, -0.15) is 0 Å². The summed E-state index contributed by atoms with van der Waals surface area (Å²) in [5.41, 5.74) is 0. The fourth-order valence-electron chi connectivity index (χ4n) is 2.18. The molecule has 4 heteroatoms. The second-order valence-electron chi connectivity index (χ2n) is 3.94. The summed E-state index contributed by atoms with van der Waals surface area (Å²) in [5.74, 6) is -2.34. The molecule has 1 aliphatic rings. The Morgan fingerprint density at radius 3 is 2.29 bits per heavy atom. The molecule has 1 fully saturated rings. The molecule has 0 radical (unpaired) electrons. The summed E-state index contributed by atoms with van der Waals surface area (Å²) < 4.78 is 0. The van der Waals surface area contributed by atoms with E-state index in [1.807, 2.05) is 0 Å². The minimum absolute atomic E-state index is 0.00301. The van der Waals surface area contributed by atoms with Crippen molar-refractivity contribution >= 4 is 11.9 Å². The van der Waals surface area contributed by atoms with Crippen molar-refractivity contribution in [3.63, 3.8) is 0 Å². The highest BCUT2D eigenvalue weighted by molar-refractivity contribution is 5.73. The fourth-order valence-corrected chi connectivity index (χ4v) is 2.18. The van der Waals surface area contributed by atoms with Gasteiger partial charge in [-0.25, -0.2) is 0 Å². The van der Waals surface area contributed by atoms with Gasteiger partial charge in [0, 0.05) is 6.42 Å². The zero-order chi connectivity index (χ0) is 10.6. The summed E-state index contributed by atoms with van der Waals surface area (Å²) in [6.07, 6.45) is 4.27. The molecule has 0 aromatic heterocycles. The van der Waals surface area contributed by atoms with E-state index in [2.05, 4.69) is 0 Å². The molecule has 0 aromatic carbocycles. The maximum Gasteiger partial charge on any atom is 0.306 e. The molecule has 0 unspecified atom stereocenters. The minimum atomic E-state index is -0.886. The average molecular weight is 200 g/mol. The summed E-state index contributed by atoms with van der Waals surface area (Å²) in [6, 6.07) is 0. The maximum atomic E-state index is 10.9. The summed E-state index contributed by atoms with van der Waals surface area (Å²) in [4.78, 5) is 21.5. The molecule has 0 saturated heterocycles. The van der Waals surface area contributed by atoms with Gasteiger partial charge < -0.3 is 10.2 Å². The smallest absolute Gasteiger partial charge is 0.306 e. The van der Waals surface area contributed by atoms with Crippen LogP contribution in [0.1, 0.15) is 38.5 Å². The molecule has 0 aromatic rings. The van der Waals surface area contributed by atoms with E-state index in [0.717, 1.165) is 25.7 Å². The summed E-state index contributed by atoms with van der Waals surface area (Å²) in [5, 5.41) is 17.6. The van der Waals surface area contributed by atoms with E-state index in [4.69, 9.17) is 10.2 Å². The van der Waals surface area contributed by atoms with Crippen LogP contribution in [-0.2, 0) is 9.59 Å². The van der Waals surface area contributed by atoms with E-state index in [1.165, 1.54) is 0 Å². The van der Waals surface area contributed by atoms with E-state index < -0.39 is 17.9 Å². The molecule has 1 aliphatic carbocycles. The summed E-state index contributed by atoms with van der Waals surface area (Å²) in [6.45, 7) is 0. The third kappa shape index (κ3) is 3.01. The van der Waals surface area contributed by atoms with Gasteiger partial charge in [-0.15, -0.1) is 0 Å². The highest BCUT2D eigenvalue weighted by atomic mass is 16.4. The molecule has 2 N–H and O–H groups in total. The normalized spacial score (nSPS) is 28.0. The lowest BCUT2D eigenvalue weighted by molar-refractivity contribution is -0.145. The van der Waals surface area contributed by atoms with Crippen molar-refractivity contribution in [1.82, 2.24) is 0 Å². The van der Waals surface area contributed by atoms with E-state index in [1.54, 1.807) is 0 Å². The molecule has 0 aliphatic heterocycles. The molecule has 0 bridgehead atoms. The molecule has 1 rings (SSSR count). The number of carboxylic acid groups (broad SMARTS) is 2. The molecule has 0 amide bonds. The molecule has 80 valence electrons. The summed E-state index contributed by atoms with van der Waals surface area (Å²) >= 11 is 0. The van der Waals surface area contributed by atoms with Crippen LogP contribution in [0.2, 0.25) is 0 Å². The Hall–Kier alpha value is -1.06. The number of rotatable bonds is 3. The summed E-state index contributed by atoms with van der Waals surface area (Å²) in [7, 11) is 0. The van der Waals surface area contributed by atoms with Crippen molar-refractivity contribution in [2.45, 2.75) is 38.5 Å². The second kappa shape index (κ2) is 4.98. The zero-order valence-electron chi connectivity index (χ0n) is 8.11. The van der Waals surface area contributed by atoms with Crippen molar-refractivity contribution in [2.75, 3.05) is 0 Å². The Bertz CT molecular complexity index is 224. The fraction of sp³-hybridized carbons (Fsp3) is 0.800. The molecule has 4 nitrogen and oxygen atoms in total. The SMILES string of the molecule is O=C(O)C[C@H]1CCCCC[C@H]1C(=O)O. The Morgan fingerprint density at radius 2 is 1.71 bits per heavy atom. The quantitative estimate of drug-likeness (QED) is 0.680. The van der Waals surface area contributed by atoms with Gasteiger partial charge in [-0.05, 0) is 18.8 Å². The second-order valence-corrected chi connectivity index (χ2v) is 3.94. The number of carboxylic acids is 2. The van der Waals surface area contributed by atoms with E-state index in [9.17, 15) is 9.59 Å². The van der Waals surface area contributed by atoms with Crippen molar-refractivity contribution in [1.29, 1.82) is 0 Å². The predicted octanol–water partition coefficient (Wildman–Crippen LogP) is 1.74. The van der Waals surface area contributed by atoms with Crippen molar-refractivity contribution in [3.8, 4) is 0 Å². The molecule has 0 heterocycles. The first-order chi connectivity index (χ1) is 6.61. The van der Waals surface area contributed by atoms with Gasteiger partial charge in [-0.1, -0.05) is 19.3 Å². The van der Waals surface area contributed by atoms with Gasteiger partial charge in [0.05, 0.1) is 5.92 Å². The number of aliphatic carboxylic acids is 2. The Morgan fingerprint density at radius 1 is 1.07 bits per heavy atom. The largest absolute Gasteiger partial charge is 0.481 e. The van der Waals surface area contributed by atoms with Crippen LogP contribution in [0.15, 0.2) is 0 Å². The van der Waals surface area contributed by atoms with Crippen LogP contribution < -0.4 is 0 Å². The maximum absolute atomic E-state index is 10.9. The zero-order valence-corrected chi connectivity index (χ0v) is 8.11. The molecule has 14 heavy (non-hydrogen) atoms. The Balaban J connectivity index is 2.63.